The standard InChI is InChI=1S/C23H21ClN2O2.C16H13BrClNO/c1-15-10-19(14-25(2)23(15)28)18-11-17-8-9-21(27)26(22(17)20(24)12-18)13-16-6-4-3-5-7-16;17-13-8-12-6-7-15(20)19(16(12)14(18)9-13)10-11-4-2-1-3-5-11/h3-7,10-12,14H,8-9,13H2,1-2H3;1-5,8-9H,6-7,10H2. The quantitative estimate of drug-likeness (QED) is 0.181. The molecular formula is C39H34BrCl2N3O3. The van der Waals surface area contributed by atoms with Gasteiger partial charge in [0.2, 0.25) is 11.8 Å². The van der Waals surface area contributed by atoms with Crippen LogP contribution in [0, 0.1) is 6.92 Å². The van der Waals surface area contributed by atoms with E-state index in [9.17, 15) is 14.4 Å². The number of halogens is 3. The molecule has 3 heterocycles. The first-order chi connectivity index (χ1) is 23.1. The molecule has 0 spiro atoms. The van der Waals surface area contributed by atoms with Crippen LogP contribution in [0.25, 0.3) is 11.1 Å². The van der Waals surface area contributed by atoms with Crippen molar-refractivity contribution >= 4 is 62.3 Å². The number of aromatic nitrogens is 1. The second kappa shape index (κ2) is 14.5. The molecule has 4 aromatic carbocycles. The number of hydrogen-bond donors (Lipinski definition) is 0. The van der Waals surface area contributed by atoms with Gasteiger partial charge in [0.15, 0.2) is 0 Å². The molecule has 9 heteroatoms. The molecule has 1 aromatic heterocycles. The summed E-state index contributed by atoms with van der Waals surface area (Å²) in [5.74, 6) is 0.217. The van der Waals surface area contributed by atoms with E-state index in [-0.39, 0.29) is 17.4 Å². The van der Waals surface area contributed by atoms with Crippen LogP contribution >= 0.6 is 39.1 Å². The maximum Gasteiger partial charge on any atom is 0.253 e. The molecule has 6 nitrogen and oxygen atoms in total. The summed E-state index contributed by atoms with van der Waals surface area (Å²) in [7, 11) is 1.75. The van der Waals surface area contributed by atoms with Crippen molar-refractivity contribution in [2.45, 2.75) is 45.7 Å². The number of fused-ring (bicyclic) bond motifs is 2. The highest BCUT2D eigenvalue weighted by Gasteiger charge is 2.28. The van der Waals surface area contributed by atoms with E-state index in [0.717, 1.165) is 55.6 Å². The number of benzene rings is 4. The van der Waals surface area contributed by atoms with Gasteiger partial charge in [0.05, 0.1) is 34.5 Å². The average Bonchev–Trinajstić information content (AvgIpc) is 3.07. The predicted octanol–water partition coefficient (Wildman–Crippen LogP) is 9.08. The van der Waals surface area contributed by atoms with Crippen LogP contribution in [0.2, 0.25) is 10.0 Å². The van der Waals surface area contributed by atoms with E-state index in [1.54, 1.807) is 21.4 Å². The molecule has 0 saturated heterocycles. The van der Waals surface area contributed by atoms with Gasteiger partial charge in [0, 0.05) is 36.1 Å². The Bertz CT molecular complexity index is 2040. The molecule has 48 heavy (non-hydrogen) atoms. The van der Waals surface area contributed by atoms with E-state index in [4.69, 9.17) is 23.2 Å². The van der Waals surface area contributed by atoms with Crippen LogP contribution in [-0.4, -0.2) is 16.4 Å². The first-order valence-electron chi connectivity index (χ1n) is 15.8. The van der Waals surface area contributed by atoms with Gasteiger partial charge in [-0.25, -0.2) is 0 Å². The number of carbonyl (C=O) groups is 2. The summed E-state index contributed by atoms with van der Waals surface area (Å²) in [6, 6.07) is 29.6. The van der Waals surface area contributed by atoms with Crippen molar-refractivity contribution in [3.63, 3.8) is 0 Å². The summed E-state index contributed by atoms with van der Waals surface area (Å²) in [6.45, 7) is 2.88. The lowest BCUT2D eigenvalue weighted by Crippen LogP contribution is -2.34. The van der Waals surface area contributed by atoms with Crippen molar-refractivity contribution < 1.29 is 9.59 Å². The first-order valence-corrected chi connectivity index (χ1v) is 17.3. The Balaban J connectivity index is 0.000000177. The number of amides is 2. The fourth-order valence-electron chi connectivity index (χ4n) is 6.33. The zero-order chi connectivity index (χ0) is 33.9. The van der Waals surface area contributed by atoms with Gasteiger partial charge < -0.3 is 14.4 Å². The van der Waals surface area contributed by atoms with Gasteiger partial charge in [-0.2, -0.15) is 0 Å². The van der Waals surface area contributed by atoms with Gasteiger partial charge in [0.25, 0.3) is 5.56 Å². The summed E-state index contributed by atoms with van der Waals surface area (Å²) >= 11 is 16.5. The normalized spacial score (nSPS) is 13.9. The molecule has 0 N–H and O–H groups in total. The van der Waals surface area contributed by atoms with Crippen LogP contribution in [0.4, 0.5) is 11.4 Å². The minimum atomic E-state index is -0.00700. The Morgan fingerprint density at radius 1 is 0.646 bits per heavy atom. The molecule has 0 fully saturated rings. The second-order valence-corrected chi connectivity index (χ2v) is 13.9. The zero-order valence-electron chi connectivity index (χ0n) is 26.7. The summed E-state index contributed by atoms with van der Waals surface area (Å²) in [4.78, 5) is 40.5. The van der Waals surface area contributed by atoms with Crippen molar-refractivity contribution in [2.75, 3.05) is 9.80 Å². The Labute approximate surface area is 298 Å². The summed E-state index contributed by atoms with van der Waals surface area (Å²) in [6.07, 6.45) is 4.23. The third kappa shape index (κ3) is 7.29. The first kappa shape index (κ1) is 33.7. The van der Waals surface area contributed by atoms with Crippen LogP contribution in [0.1, 0.15) is 40.7 Å². The van der Waals surface area contributed by atoms with E-state index in [0.29, 0.717) is 48.0 Å². The molecule has 0 saturated carbocycles. The molecule has 244 valence electrons. The fraction of sp³-hybridized carbons (Fsp3) is 0.205. The highest BCUT2D eigenvalue weighted by Crippen LogP contribution is 2.40. The topological polar surface area (TPSA) is 62.6 Å². The van der Waals surface area contributed by atoms with Gasteiger partial charge in [-0.05, 0) is 83.5 Å². The van der Waals surface area contributed by atoms with E-state index in [2.05, 4.69) is 22.0 Å². The maximum atomic E-state index is 12.6. The number of hydrogen-bond acceptors (Lipinski definition) is 3. The van der Waals surface area contributed by atoms with Crippen LogP contribution in [0.5, 0.6) is 0 Å². The lowest BCUT2D eigenvalue weighted by molar-refractivity contribution is -0.119. The highest BCUT2D eigenvalue weighted by atomic mass is 79.9. The van der Waals surface area contributed by atoms with Crippen LogP contribution in [-0.2, 0) is 42.6 Å². The summed E-state index contributed by atoms with van der Waals surface area (Å²) in [5.41, 5.74) is 8.59. The van der Waals surface area contributed by atoms with Gasteiger partial charge in [-0.1, -0.05) is 99.8 Å². The highest BCUT2D eigenvalue weighted by molar-refractivity contribution is 9.10. The van der Waals surface area contributed by atoms with Gasteiger partial charge in [-0.3, -0.25) is 14.4 Å². The molecule has 0 radical (unpaired) electrons. The van der Waals surface area contributed by atoms with Crippen molar-refractivity contribution in [2.24, 2.45) is 7.05 Å². The Morgan fingerprint density at radius 3 is 1.67 bits per heavy atom. The predicted molar refractivity (Wildman–Crippen MR) is 198 cm³/mol. The average molecular weight is 744 g/mol. The summed E-state index contributed by atoms with van der Waals surface area (Å²) in [5, 5.41) is 1.18. The van der Waals surface area contributed by atoms with E-state index >= 15 is 0 Å². The lowest BCUT2D eigenvalue weighted by Gasteiger charge is -2.31. The van der Waals surface area contributed by atoms with E-state index < -0.39 is 0 Å². The number of aryl methyl sites for hydroxylation is 4. The molecule has 0 unspecified atom stereocenters. The van der Waals surface area contributed by atoms with E-state index in [1.807, 2.05) is 98.0 Å². The number of nitrogens with zero attached hydrogens (tertiary/aromatic N) is 3. The minimum absolute atomic E-state index is 0.00700. The van der Waals surface area contributed by atoms with Crippen molar-refractivity contribution in [1.29, 1.82) is 0 Å². The second-order valence-electron chi connectivity index (χ2n) is 12.1. The summed E-state index contributed by atoms with van der Waals surface area (Å²) < 4.78 is 2.54. The zero-order valence-corrected chi connectivity index (χ0v) is 29.8. The van der Waals surface area contributed by atoms with Crippen molar-refractivity contribution in [3.05, 3.63) is 150 Å². The molecule has 5 aromatic rings. The maximum absolute atomic E-state index is 12.6. The largest absolute Gasteiger partial charge is 0.318 e. The van der Waals surface area contributed by atoms with E-state index in [1.165, 1.54) is 0 Å². The monoisotopic (exact) mass is 741 g/mol. The molecule has 0 bridgehead atoms. The lowest BCUT2D eigenvalue weighted by atomic mass is 9.95. The Hall–Kier alpha value is -4.17. The molecular weight excluding hydrogens is 709 g/mol. The molecule has 2 aliphatic heterocycles. The van der Waals surface area contributed by atoms with Gasteiger partial charge in [0.1, 0.15) is 0 Å². The molecule has 2 aliphatic rings. The van der Waals surface area contributed by atoms with Crippen LogP contribution in [0.3, 0.4) is 0 Å². The molecule has 0 atom stereocenters. The molecule has 7 rings (SSSR count). The Morgan fingerprint density at radius 2 is 1.15 bits per heavy atom. The minimum Gasteiger partial charge on any atom is -0.318 e. The SMILES string of the molecule is Cc1cc(-c2cc(Cl)c3c(c2)CCC(=O)N3Cc2ccccc2)cn(C)c1=O.O=C1CCc2cc(Br)cc(Cl)c2N1Cc1ccccc1. The van der Waals surface area contributed by atoms with Gasteiger partial charge in [-0.15, -0.1) is 0 Å². The van der Waals surface area contributed by atoms with Gasteiger partial charge >= 0.3 is 0 Å². The third-order valence-corrected chi connectivity index (χ3v) is 9.70. The molecule has 2 amide bonds. The Kier molecular flexibility index (Phi) is 10.2. The smallest absolute Gasteiger partial charge is 0.253 e. The molecule has 0 aliphatic carbocycles. The number of carbonyl (C=O) groups excluding carboxylic acids is 2. The number of pyridine rings is 1. The van der Waals surface area contributed by atoms with Crippen LogP contribution in [0.15, 0.2) is 106 Å². The van der Waals surface area contributed by atoms with Crippen LogP contribution < -0.4 is 15.4 Å². The van der Waals surface area contributed by atoms with Crippen molar-refractivity contribution in [3.8, 4) is 11.1 Å². The number of anilines is 2. The fourth-order valence-corrected chi connectivity index (χ4v) is 7.65. The number of rotatable bonds is 5. The van der Waals surface area contributed by atoms with Crippen molar-refractivity contribution in [1.82, 2.24) is 4.57 Å². The third-order valence-electron chi connectivity index (χ3n) is 8.67.